The average molecular weight is 1080 g/mol. The van der Waals surface area contributed by atoms with Gasteiger partial charge in [0, 0.05) is 48.8 Å². The molecule has 17 rings (SSSR count). The Morgan fingerprint density at radius 3 is 1.24 bits per heavy atom. The molecule has 15 aromatic rings. The van der Waals surface area contributed by atoms with E-state index in [-0.39, 0.29) is 6.71 Å². The minimum Gasteiger partial charge on any atom is -0.310 e. The van der Waals surface area contributed by atoms with Crippen molar-refractivity contribution in [3.63, 3.8) is 0 Å². The van der Waals surface area contributed by atoms with Crippen molar-refractivity contribution in [1.82, 2.24) is 4.57 Å². The first-order valence-corrected chi connectivity index (χ1v) is 29.8. The van der Waals surface area contributed by atoms with Crippen molar-refractivity contribution in [1.29, 1.82) is 0 Å². The zero-order valence-corrected chi connectivity index (χ0v) is 46.6. The Morgan fingerprint density at radius 2 is 0.702 bits per heavy atom. The highest BCUT2D eigenvalue weighted by molar-refractivity contribution is 8.00. The summed E-state index contributed by atoms with van der Waals surface area (Å²) < 4.78 is 2.51. The summed E-state index contributed by atoms with van der Waals surface area (Å²) in [6.07, 6.45) is 0. The first-order chi connectivity index (χ1) is 41.7. The number of para-hydroxylation sites is 2. The molecule has 390 valence electrons. The van der Waals surface area contributed by atoms with E-state index in [0.717, 1.165) is 44.9 Å². The van der Waals surface area contributed by atoms with E-state index < -0.39 is 0 Å². The standard InChI is InChI=1S/C80H51BN2S/c1-6-24-52(25-7-1)57-42-45-70-75(49-57)84-76-51-60(82-71-40-22-20-34-61(71)62-35-21-23-41-72(62)82)50-74-79(76)81(70)69-44-43-58(78-65-38-18-16-36-63(65)77(56-32-14-5-15-33-56)64-37-17-19-39-66(64)78)48-73(69)83(74)80-67(54-28-10-3-11-29-54)46-59(53-26-8-2-9-27-53)47-68(80)55-30-12-4-13-31-55/h1-51H. The van der Waals surface area contributed by atoms with Crippen LogP contribution in [-0.4, -0.2) is 11.3 Å². The quantitative estimate of drug-likeness (QED) is 0.111. The molecule has 0 bridgehead atoms. The van der Waals surface area contributed by atoms with Crippen molar-refractivity contribution >= 4 is 95.3 Å². The van der Waals surface area contributed by atoms with Gasteiger partial charge in [0.1, 0.15) is 0 Å². The van der Waals surface area contributed by atoms with Crippen molar-refractivity contribution < 1.29 is 0 Å². The summed E-state index contributed by atoms with van der Waals surface area (Å²) in [5.74, 6) is 0. The molecule has 0 unspecified atom stereocenters. The zero-order chi connectivity index (χ0) is 55.2. The van der Waals surface area contributed by atoms with Crippen LogP contribution in [0.25, 0.3) is 116 Å². The maximum absolute atomic E-state index is 2.69. The molecule has 0 atom stereocenters. The van der Waals surface area contributed by atoms with Gasteiger partial charge in [0.15, 0.2) is 0 Å². The summed E-state index contributed by atoms with van der Waals surface area (Å²) in [6.45, 7) is -0.0820. The van der Waals surface area contributed by atoms with Gasteiger partial charge in [-0.05, 0) is 137 Å². The molecule has 0 aliphatic carbocycles. The van der Waals surface area contributed by atoms with E-state index in [1.807, 2.05) is 11.8 Å². The van der Waals surface area contributed by atoms with Crippen molar-refractivity contribution in [3.05, 3.63) is 309 Å². The van der Waals surface area contributed by atoms with E-state index in [1.165, 1.54) is 114 Å². The molecule has 0 radical (unpaired) electrons. The summed E-state index contributed by atoms with van der Waals surface area (Å²) in [4.78, 5) is 5.22. The number of fused-ring (bicyclic) bond motifs is 9. The van der Waals surface area contributed by atoms with E-state index in [2.05, 4.69) is 319 Å². The van der Waals surface area contributed by atoms with Crippen LogP contribution < -0.4 is 21.3 Å². The van der Waals surface area contributed by atoms with E-state index in [1.54, 1.807) is 0 Å². The Balaban J connectivity index is 1.03. The molecule has 84 heavy (non-hydrogen) atoms. The maximum atomic E-state index is 2.69. The second kappa shape index (κ2) is 19.7. The number of aromatic nitrogens is 1. The molecule has 0 saturated heterocycles. The SMILES string of the molecule is c1ccc(-c2ccc3c(c2)Sc2cc(-n4c5ccccc5c5ccccc54)cc4c2B3c2ccc(-c3c5ccccc5c(-c5ccccc5)c5ccccc35)cc2N4c2c(-c3ccccc3)cc(-c3ccccc3)cc2-c2ccccc2)cc1. The Kier molecular flexibility index (Phi) is 11.3. The van der Waals surface area contributed by atoms with Gasteiger partial charge in [-0.3, -0.25) is 0 Å². The lowest BCUT2D eigenvalue weighted by molar-refractivity contribution is 1.15. The lowest BCUT2D eigenvalue weighted by Gasteiger charge is -2.42. The molecule has 4 heteroatoms. The first-order valence-electron chi connectivity index (χ1n) is 29.0. The minimum absolute atomic E-state index is 0.0820. The van der Waals surface area contributed by atoms with Crippen molar-refractivity contribution in [2.24, 2.45) is 0 Å². The molecule has 2 aliphatic rings. The molecule has 14 aromatic carbocycles. The van der Waals surface area contributed by atoms with Gasteiger partial charge in [0.05, 0.1) is 16.7 Å². The third kappa shape index (κ3) is 7.68. The zero-order valence-electron chi connectivity index (χ0n) is 45.8. The lowest BCUT2D eigenvalue weighted by atomic mass is 9.34. The predicted octanol–water partition coefficient (Wildman–Crippen LogP) is 19.9. The number of nitrogens with zero attached hydrogens (tertiary/aromatic N) is 2. The van der Waals surface area contributed by atoms with Crippen LogP contribution in [0.1, 0.15) is 0 Å². The fourth-order valence-corrected chi connectivity index (χ4v) is 15.2. The van der Waals surface area contributed by atoms with Gasteiger partial charge in [-0.15, -0.1) is 0 Å². The molecule has 0 saturated carbocycles. The molecule has 0 fully saturated rings. The first kappa shape index (κ1) is 48.3. The molecule has 1 aromatic heterocycles. The molecule has 2 aliphatic heterocycles. The number of anilines is 3. The largest absolute Gasteiger partial charge is 0.310 e. The van der Waals surface area contributed by atoms with Gasteiger partial charge in [-0.25, -0.2) is 0 Å². The number of benzene rings is 14. The van der Waals surface area contributed by atoms with Gasteiger partial charge in [-0.2, -0.15) is 0 Å². The van der Waals surface area contributed by atoms with Crippen LogP contribution >= 0.6 is 11.8 Å². The Morgan fingerprint density at radius 1 is 0.274 bits per heavy atom. The smallest absolute Gasteiger partial charge is 0.249 e. The number of hydrogen-bond acceptors (Lipinski definition) is 2. The van der Waals surface area contributed by atoms with Gasteiger partial charge < -0.3 is 9.47 Å². The molecular weight excluding hydrogens is 1030 g/mol. The molecular formula is C80H51BN2S. The van der Waals surface area contributed by atoms with Crippen LogP contribution in [0.3, 0.4) is 0 Å². The predicted molar refractivity (Wildman–Crippen MR) is 358 cm³/mol. The summed E-state index contributed by atoms with van der Waals surface area (Å²) in [5, 5.41) is 7.40. The van der Waals surface area contributed by atoms with Crippen molar-refractivity contribution in [3.8, 4) is 72.4 Å². The third-order valence-electron chi connectivity index (χ3n) is 17.6. The highest BCUT2D eigenvalue weighted by atomic mass is 32.2. The van der Waals surface area contributed by atoms with E-state index in [4.69, 9.17) is 0 Å². The maximum Gasteiger partial charge on any atom is 0.249 e. The van der Waals surface area contributed by atoms with Gasteiger partial charge in [-0.1, -0.05) is 278 Å². The van der Waals surface area contributed by atoms with Crippen LogP contribution in [-0.2, 0) is 0 Å². The highest BCUT2D eigenvalue weighted by Gasteiger charge is 2.43. The fraction of sp³-hybridized carbons (Fsp3) is 0. The van der Waals surface area contributed by atoms with Gasteiger partial charge >= 0.3 is 0 Å². The topological polar surface area (TPSA) is 8.17 Å². The molecule has 2 nitrogen and oxygen atoms in total. The second-order valence-electron chi connectivity index (χ2n) is 22.2. The molecule has 0 amide bonds. The van der Waals surface area contributed by atoms with Crippen LogP contribution in [0.2, 0.25) is 0 Å². The van der Waals surface area contributed by atoms with Crippen molar-refractivity contribution in [2.75, 3.05) is 4.90 Å². The molecule has 0 N–H and O–H groups in total. The Hall–Kier alpha value is -10.4. The normalized spacial score (nSPS) is 12.4. The summed E-state index contributed by atoms with van der Waals surface area (Å²) in [5.41, 5.74) is 25.1. The van der Waals surface area contributed by atoms with Crippen LogP contribution in [0.4, 0.5) is 17.1 Å². The van der Waals surface area contributed by atoms with E-state index >= 15 is 0 Å². The fourth-order valence-electron chi connectivity index (χ4n) is 14.0. The lowest BCUT2D eigenvalue weighted by Crippen LogP contribution is -2.60. The second-order valence-corrected chi connectivity index (χ2v) is 23.3. The third-order valence-corrected chi connectivity index (χ3v) is 18.7. The van der Waals surface area contributed by atoms with Gasteiger partial charge in [0.2, 0.25) is 6.71 Å². The van der Waals surface area contributed by atoms with E-state index in [0.29, 0.717) is 0 Å². The Labute approximate surface area is 493 Å². The van der Waals surface area contributed by atoms with Crippen LogP contribution in [0.15, 0.2) is 319 Å². The minimum atomic E-state index is -0.0820. The monoisotopic (exact) mass is 1080 g/mol. The van der Waals surface area contributed by atoms with Crippen LogP contribution in [0, 0.1) is 0 Å². The summed E-state index contributed by atoms with van der Waals surface area (Å²) in [6, 6.07) is 115. The molecule has 0 spiro atoms. The van der Waals surface area contributed by atoms with Crippen LogP contribution in [0.5, 0.6) is 0 Å². The Bertz CT molecular complexity index is 4930. The van der Waals surface area contributed by atoms with Crippen molar-refractivity contribution in [2.45, 2.75) is 9.79 Å². The molecule has 3 heterocycles. The van der Waals surface area contributed by atoms with E-state index in [9.17, 15) is 0 Å². The number of rotatable bonds is 8. The summed E-state index contributed by atoms with van der Waals surface area (Å²) >= 11 is 1.92. The highest BCUT2D eigenvalue weighted by Crippen LogP contribution is 2.53. The average Bonchev–Trinajstić information content (AvgIpc) is 0.881. The summed E-state index contributed by atoms with van der Waals surface area (Å²) in [7, 11) is 0. The number of hydrogen-bond donors (Lipinski definition) is 0. The van der Waals surface area contributed by atoms with Gasteiger partial charge in [0.25, 0.3) is 0 Å².